The van der Waals surface area contributed by atoms with E-state index in [0.717, 1.165) is 78.0 Å². The van der Waals surface area contributed by atoms with Crippen molar-refractivity contribution in [1.29, 1.82) is 0 Å². The number of nitrogens with one attached hydrogen (secondary N) is 1. The van der Waals surface area contributed by atoms with Crippen molar-refractivity contribution in [2.45, 2.75) is 77.2 Å². The number of carbonyl (C=O) groups excluding carboxylic acids is 1. The second-order valence-electron chi connectivity index (χ2n) is 7.07. The van der Waals surface area contributed by atoms with Gasteiger partial charge in [0, 0.05) is 33.5 Å². The maximum Gasteiger partial charge on any atom is 0.237 e. The van der Waals surface area contributed by atoms with Gasteiger partial charge in [-0.2, -0.15) is 0 Å². The SMILES string of the molecule is CCCCOCCCCNC(=O)C1CCCN1CCCCCCOC. The topological polar surface area (TPSA) is 50.8 Å². The van der Waals surface area contributed by atoms with E-state index < -0.39 is 0 Å². The molecule has 0 radical (unpaired) electrons. The quantitative estimate of drug-likeness (QED) is 0.431. The maximum atomic E-state index is 12.4. The molecule has 1 fully saturated rings. The predicted molar refractivity (Wildman–Crippen MR) is 103 cm³/mol. The minimum absolute atomic E-state index is 0.0970. The zero-order chi connectivity index (χ0) is 18.2. The maximum absolute atomic E-state index is 12.4. The van der Waals surface area contributed by atoms with Crippen LogP contribution in [0.4, 0.5) is 0 Å². The molecule has 1 aliphatic heterocycles. The summed E-state index contributed by atoms with van der Waals surface area (Å²) in [6, 6.07) is 0.0970. The Kier molecular flexibility index (Phi) is 14.0. The van der Waals surface area contributed by atoms with Crippen molar-refractivity contribution in [2.24, 2.45) is 0 Å². The van der Waals surface area contributed by atoms with Crippen molar-refractivity contribution in [1.82, 2.24) is 10.2 Å². The van der Waals surface area contributed by atoms with E-state index in [9.17, 15) is 4.79 Å². The number of hydrogen-bond donors (Lipinski definition) is 1. The summed E-state index contributed by atoms with van der Waals surface area (Å²) < 4.78 is 10.6. The highest BCUT2D eigenvalue weighted by Crippen LogP contribution is 2.18. The Morgan fingerprint density at radius 1 is 1.04 bits per heavy atom. The summed E-state index contributed by atoms with van der Waals surface area (Å²) >= 11 is 0. The third-order valence-corrected chi connectivity index (χ3v) is 4.87. The molecule has 148 valence electrons. The van der Waals surface area contributed by atoms with E-state index in [0.29, 0.717) is 0 Å². The molecule has 0 aliphatic carbocycles. The Morgan fingerprint density at radius 2 is 1.80 bits per heavy atom. The average Bonchev–Trinajstić information content (AvgIpc) is 3.08. The summed E-state index contributed by atoms with van der Waals surface area (Å²) in [5.74, 6) is 0.226. The molecular weight excluding hydrogens is 316 g/mol. The lowest BCUT2D eigenvalue weighted by atomic mass is 10.1. The first-order valence-electron chi connectivity index (χ1n) is 10.4. The molecule has 0 saturated carbocycles. The molecule has 5 nitrogen and oxygen atoms in total. The average molecular weight is 357 g/mol. The summed E-state index contributed by atoms with van der Waals surface area (Å²) in [5.41, 5.74) is 0. The van der Waals surface area contributed by atoms with Gasteiger partial charge in [0.05, 0.1) is 6.04 Å². The number of nitrogens with zero attached hydrogens (tertiary/aromatic N) is 1. The van der Waals surface area contributed by atoms with Crippen molar-refractivity contribution in [3.8, 4) is 0 Å². The van der Waals surface area contributed by atoms with Crippen LogP contribution in [0.1, 0.15) is 71.1 Å². The lowest BCUT2D eigenvalue weighted by Crippen LogP contribution is -2.43. The van der Waals surface area contributed by atoms with Gasteiger partial charge in [-0.3, -0.25) is 9.69 Å². The van der Waals surface area contributed by atoms with Gasteiger partial charge < -0.3 is 14.8 Å². The van der Waals surface area contributed by atoms with Crippen LogP contribution in [-0.2, 0) is 14.3 Å². The Morgan fingerprint density at radius 3 is 2.60 bits per heavy atom. The molecule has 1 unspecified atom stereocenters. The van der Waals surface area contributed by atoms with Crippen LogP contribution in [0.15, 0.2) is 0 Å². The lowest BCUT2D eigenvalue weighted by Gasteiger charge is -2.23. The molecule has 0 aromatic carbocycles. The van der Waals surface area contributed by atoms with Crippen molar-refractivity contribution in [3.05, 3.63) is 0 Å². The van der Waals surface area contributed by atoms with Crippen LogP contribution in [0.5, 0.6) is 0 Å². The lowest BCUT2D eigenvalue weighted by molar-refractivity contribution is -0.125. The third-order valence-electron chi connectivity index (χ3n) is 4.87. The van der Waals surface area contributed by atoms with E-state index >= 15 is 0 Å². The number of hydrogen-bond acceptors (Lipinski definition) is 4. The van der Waals surface area contributed by atoms with Gasteiger partial charge in [0.1, 0.15) is 0 Å². The first-order valence-corrected chi connectivity index (χ1v) is 10.4. The fourth-order valence-corrected chi connectivity index (χ4v) is 3.31. The van der Waals surface area contributed by atoms with E-state index in [1.807, 2.05) is 0 Å². The number of ether oxygens (including phenoxy) is 2. The number of methoxy groups -OCH3 is 1. The number of carbonyl (C=O) groups is 1. The molecule has 1 atom stereocenters. The summed E-state index contributed by atoms with van der Waals surface area (Å²) in [6.07, 6.45) is 11.3. The van der Waals surface area contributed by atoms with Crippen LogP contribution < -0.4 is 5.32 Å². The largest absolute Gasteiger partial charge is 0.385 e. The first-order chi connectivity index (χ1) is 12.3. The molecule has 1 N–H and O–H groups in total. The minimum atomic E-state index is 0.0970. The molecule has 0 spiro atoms. The highest BCUT2D eigenvalue weighted by molar-refractivity contribution is 5.81. The first kappa shape index (κ1) is 22.4. The molecular formula is C20H40N2O3. The third kappa shape index (κ3) is 10.8. The number of likely N-dealkylation sites (tertiary alicyclic amines) is 1. The summed E-state index contributed by atoms with van der Waals surface area (Å²) in [4.78, 5) is 14.8. The van der Waals surface area contributed by atoms with Crippen molar-refractivity contribution in [3.63, 3.8) is 0 Å². The van der Waals surface area contributed by atoms with Crippen LogP contribution in [-0.4, -0.2) is 63.4 Å². The van der Waals surface area contributed by atoms with Gasteiger partial charge in [-0.15, -0.1) is 0 Å². The molecule has 1 rings (SSSR count). The smallest absolute Gasteiger partial charge is 0.237 e. The van der Waals surface area contributed by atoms with E-state index in [2.05, 4.69) is 17.1 Å². The zero-order valence-corrected chi connectivity index (χ0v) is 16.6. The summed E-state index contributed by atoms with van der Waals surface area (Å²) in [5, 5.41) is 3.12. The Labute approximate surface area is 154 Å². The Hall–Kier alpha value is -0.650. The molecule has 1 amide bonds. The van der Waals surface area contributed by atoms with Gasteiger partial charge in [0.2, 0.25) is 5.91 Å². The monoisotopic (exact) mass is 356 g/mol. The number of unbranched alkanes of at least 4 members (excludes halogenated alkanes) is 5. The van der Waals surface area contributed by atoms with E-state index in [-0.39, 0.29) is 11.9 Å². The predicted octanol–water partition coefficient (Wildman–Crippen LogP) is 3.37. The normalized spacial score (nSPS) is 17.9. The highest BCUT2D eigenvalue weighted by Gasteiger charge is 2.29. The van der Waals surface area contributed by atoms with Crippen molar-refractivity contribution >= 4 is 5.91 Å². The van der Waals surface area contributed by atoms with E-state index in [1.165, 1.54) is 25.7 Å². The van der Waals surface area contributed by atoms with Gasteiger partial charge in [-0.05, 0) is 58.0 Å². The van der Waals surface area contributed by atoms with Gasteiger partial charge in [0.15, 0.2) is 0 Å². The van der Waals surface area contributed by atoms with Crippen LogP contribution >= 0.6 is 0 Å². The second kappa shape index (κ2) is 15.6. The molecule has 0 aromatic rings. The van der Waals surface area contributed by atoms with Gasteiger partial charge in [-0.1, -0.05) is 26.2 Å². The summed E-state index contributed by atoms with van der Waals surface area (Å²) in [7, 11) is 1.76. The number of rotatable bonds is 16. The van der Waals surface area contributed by atoms with Crippen LogP contribution in [0.3, 0.4) is 0 Å². The van der Waals surface area contributed by atoms with Crippen LogP contribution in [0, 0.1) is 0 Å². The molecule has 0 aromatic heterocycles. The molecule has 1 heterocycles. The molecule has 0 bridgehead atoms. The fourth-order valence-electron chi connectivity index (χ4n) is 3.31. The standard InChI is InChI=1S/C20H40N2O3/c1-3-4-17-25-18-10-7-13-21-20(23)19-12-11-15-22(19)14-8-5-6-9-16-24-2/h19H,3-18H2,1-2H3,(H,21,23). The molecule has 1 aliphatic rings. The summed E-state index contributed by atoms with van der Waals surface area (Å²) in [6.45, 7) is 7.61. The van der Waals surface area contributed by atoms with Crippen LogP contribution in [0.2, 0.25) is 0 Å². The Balaban J connectivity index is 2.04. The Bertz CT molecular complexity index is 326. The minimum Gasteiger partial charge on any atom is -0.385 e. The van der Waals surface area contributed by atoms with Gasteiger partial charge in [0.25, 0.3) is 0 Å². The molecule has 1 saturated heterocycles. The fraction of sp³-hybridized carbons (Fsp3) is 0.950. The zero-order valence-electron chi connectivity index (χ0n) is 16.6. The van der Waals surface area contributed by atoms with Crippen molar-refractivity contribution < 1.29 is 14.3 Å². The highest BCUT2D eigenvalue weighted by atomic mass is 16.5. The van der Waals surface area contributed by atoms with Gasteiger partial charge >= 0.3 is 0 Å². The van der Waals surface area contributed by atoms with E-state index in [4.69, 9.17) is 9.47 Å². The molecule has 5 heteroatoms. The van der Waals surface area contributed by atoms with Crippen LogP contribution in [0.25, 0.3) is 0 Å². The molecule has 25 heavy (non-hydrogen) atoms. The van der Waals surface area contributed by atoms with Crippen molar-refractivity contribution in [2.75, 3.05) is 46.6 Å². The second-order valence-corrected chi connectivity index (χ2v) is 7.07. The van der Waals surface area contributed by atoms with E-state index in [1.54, 1.807) is 7.11 Å². The number of amides is 1. The van der Waals surface area contributed by atoms with Gasteiger partial charge in [-0.25, -0.2) is 0 Å².